The third kappa shape index (κ3) is 3.04. The predicted molar refractivity (Wildman–Crippen MR) is 50.8 cm³/mol. The van der Waals surface area contributed by atoms with Crippen LogP contribution in [-0.2, 0) is 9.05 Å². The summed E-state index contributed by atoms with van der Waals surface area (Å²) in [5.41, 5.74) is 0.275. The molecule has 0 amide bonds. The van der Waals surface area contributed by atoms with Gasteiger partial charge in [0.2, 0.25) is 0 Å². The van der Waals surface area contributed by atoms with Crippen LogP contribution in [0.25, 0.3) is 0 Å². The largest absolute Gasteiger partial charge is 0.433 e. The molecule has 0 atom stereocenters. The maximum absolute atomic E-state index is 12.0. The van der Waals surface area contributed by atoms with Crippen LogP contribution in [0.15, 0.2) is 23.1 Å². The zero-order valence-corrected chi connectivity index (χ0v) is 9.15. The molecular weight excluding hydrogens is 250 g/mol. The van der Waals surface area contributed by atoms with Gasteiger partial charge in [-0.3, -0.25) is 0 Å². The fourth-order valence-electron chi connectivity index (χ4n) is 1.06. The Balaban J connectivity index is 3.33. The van der Waals surface area contributed by atoms with Crippen molar-refractivity contribution in [1.29, 1.82) is 0 Å². The van der Waals surface area contributed by atoms with Gasteiger partial charge in [-0.25, -0.2) is 8.42 Å². The number of hydrogen-bond acceptors (Lipinski definition) is 3. The molecule has 0 fully saturated rings. The smallest absolute Gasteiger partial charge is 0.387 e. The molecule has 0 aliphatic rings. The Kier molecular flexibility index (Phi) is 3.51. The number of halogens is 3. The Morgan fingerprint density at radius 2 is 2.00 bits per heavy atom. The zero-order valence-electron chi connectivity index (χ0n) is 7.58. The highest BCUT2D eigenvalue weighted by molar-refractivity contribution is 8.13. The van der Waals surface area contributed by atoms with Crippen molar-refractivity contribution in [2.45, 2.75) is 18.4 Å². The topological polar surface area (TPSA) is 43.4 Å². The minimum Gasteiger partial charge on any atom is -0.433 e. The highest BCUT2D eigenvalue weighted by Crippen LogP contribution is 2.31. The molecule has 0 bridgehead atoms. The van der Waals surface area contributed by atoms with E-state index >= 15 is 0 Å². The van der Waals surface area contributed by atoms with E-state index in [9.17, 15) is 17.2 Å². The predicted octanol–water partition coefficient (Wildman–Crippen LogP) is 2.52. The van der Waals surface area contributed by atoms with Gasteiger partial charge in [0.15, 0.2) is 0 Å². The van der Waals surface area contributed by atoms with Crippen molar-refractivity contribution in [3.05, 3.63) is 23.8 Å². The summed E-state index contributed by atoms with van der Waals surface area (Å²) >= 11 is 0. The first-order valence-electron chi connectivity index (χ1n) is 3.81. The van der Waals surface area contributed by atoms with E-state index in [2.05, 4.69) is 4.74 Å². The first-order valence-corrected chi connectivity index (χ1v) is 6.12. The van der Waals surface area contributed by atoms with Gasteiger partial charge >= 0.3 is 6.61 Å². The van der Waals surface area contributed by atoms with E-state index in [0.717, 1.165) is 6.07 Å². The fraction of sp³-hybridized carbons (Fsp3) is 0.250. The number of rotatable bonds is 3. The SMILES string of the molecule is Cc1cccc(S(=O)(=O)Cl)c1OC(F)F. The molecule has 0 heterocycles. The van der Waals surface area contributed by atoms with Crippen molar-refractivity contribution in [3.8, 4) is 5.75 Å². The molecule has 1 rings (SSSR count). The molecule has 0 N–H and O–H groups in total. The second kappa shape index (κ2) is 4.32. The molecular formula is C8H7ClF2O3S. The first kappa shape index (κ1) is 12.2. The molecule has 84 valence electrons. The van der Waals surface area contributed by atoms with E-state index in [1.165, 1.54) is 19.1 Å². The van der Waals surface area contributed by atoms with Crippen LogP contribution in [0.1, 0.15) is 5.56 Å². The quantitative estimate of drug-likeness (QED) is 0.781. The number of alkyl halides is 2. The summed E-state index contributed by atoms with van der Waals surface area (Å²) in [6.07, 6.45) is 0. The van der Waals surface area contributed by atoms with Crippen LogP contribution in [0.2, 0.25) is 0 Å². The lowest BCUT2D eigenvalue weighted by atomic mass is 10.2. The molecule has 0 aromatic heterocycles. The van der Waals surface area contributed by atoms with Gasteiger partial charge in [-0.1, -0.05) is 12.1 Å². The Labute approximate surface area is 90.0 Å². The monoisotopic (exact) mass is 256 g/mol. The lowest BCUT2D eigenvalue weighted by molar-refractivity contribution is -0.0521. The summed E-state index contributed by atoms with van der Waals surface area (Å²) in [5.74, 6) is -0.414. The molecule has 1 aromatic rings. The van der Waals surface area contributed by atoms with Crippen LogP contribution < -0.4 is 4.74 Å². The van der Waals surface area contributed by atoms with Gasteiger partial charge in [0, 0.05) is 10.7 Å². The minimum atomic E-state index is -4.09. The maximum atomic E-state index is 12.0. The van der Waals surface area contributed by atoms with Crippen LogP contribution in [0.3, 0.4) is 0 Å². The van der Waals surface area contributed by atoms with E-state index in [-0.39, 0.29) is 5.56 Å². The number of aryl methyl sites for hydroxylation is 1. The number of para-hydroxylation sites is 1. The molecule has 7 heteroatoms. The van der Waals surface area contributed by atoms with Crippen molar-refractivity contribution >= 4 is 19.7 Å². The van der Waals surface area contributed by atoms with E-state index in [0.29, 0.717) is 0 Å². The van der Waals surface area contributed by atoms with Crippen molar-refractivity contribution in [3.63, 3.8) is 0 Å². The normalized spacial score (nSPS) is 11.8. The van der Waals surface area contributed by atoms with Crippen molar-refractivity contribution in [1.82, 2.24) is 0 Å². The zero-order chi connectivity index (χ0) is 11.6. The Bertz CT molecular complexity index is 459. The molecule has 0 saturated heterocycles. The van der Waals surface area contributed by atoms with Gasteiger partial charge in [0.05, 0.1) is 0 Å². The van der Waals surface area contributed by atoms with Crippen LogP contribution >= 0.6 is 10.7 Å². The number of hydrogen-bond donors (Lipinski definition) is 0. The van der Waals surface area contributed by atoms with E-state index in [1.54, 1.807) is 0 Å². The summed E-state index contributed by atoms with van der Waals surface area (Å²) in [6.45, 7) is -1.65. The maximum Gasteiger partial charge on any atom is 0.387 e. The van der Waals surface area contributed by atoms with E-state index < -0.39 is 26.3 Å². The second-order valence-corrected chi connectivity index (χ2v) is 5.25. The minimum absolute atomic E-state index is 0.275. The highest BCUT2D eigenvalue weighted by atomic mass is 35.7. The Morgan fingerprint density at radius 3 is 2.47 bits per heavy atom. The van der Waals surface area contributed by atoms with Gasteiger partial charge in [-0.05, 0) is 18.6 Å². The van der Waals surface area contributed by atoms with Gasteiger partial charge in [-0.15, -0.1) is 0 Å². The first-order chi connectivity index (χ1) is 6.82. The summed E-state index contributed by atoms with van der Waals surface area (Å²) < 4.78 is 50.2. The molecule has 1 aromatic carbocycles. The van der Waals surface area contributed by atoms with Crippen molar-refractivity contribution in [2.24, 2.45) is 0 Å². The third-order valence-electron chi connectivity index (χ3n) is 1.65. The van der Waals surface area contributed by atoms with Crippen molar-refractivity contribution in [2.75, 3.05) is 0 Å². The Hall–Kier alpha value is -0.880. The van der Waals surface area contributed by atoms with E-state index in [4.69, 9.17) is 10.7 Å². The summed E-state index contributed by atoms with van der Waals surface area (Å²) in [4.78, 5) is -0.454. The molecule has 15 heavy (non-hydrogen) atoms. The second-order valence-electron chi connectivity index (χ2n) is 2.72. The number of benzene rings is 1. The van der Waals surface area contributed by atoms with Crippen LogP contribution in [0.5, 0.6) is 5.75 Å². The molecule has 0 aliphatic heterocycles. The molecule has 3 nitrogen and oxygen atoms in total. The Morgan fingerprint density at radius 1 is 1.40 bits per heavy atom. The molecule has 0 aliphatic carbocycles. The third-order valence-corrected chi connectivity index (χ3v) is 2.99. The number of ether oxygens (including phenoxy) is 1. The lowest BCUT2D eigenvalue weighted by Crippen LogP contribution is -2.07. The van der Waals surface area contributed by atoms with E-state index in [1.807, 2.05) is 0 Å². The van der Waals surface area contributed by atoms with Gasteiger partial charge < -0.3 is 4.74 Å². The van der Waals surface area contributed by atoms with Gasteiger partial charge in [-0.2, -0.15) is 8.78 Å². The summed E-state index contributed by atoms with van der Waals surface area (Å²) in [7, 11) is 0.979. The molecule has 0 unspecified atom stereocenters. The molecule has 0 saturated carbocycles. The molecule has 0 radical (unpaired) electrons. The van der Waals surface area contributed by atoms with Crippen LogP contribution in [0, 0.1) is 6.92 Å². The average Bonchev–Trinajstić information content (AvgIpc) is 2.05. The average molecular weight is 257 g/mol. The molecule has 0 spiro atoms. The summed E-state index contributed by atoms with van der Waals surface area (Å²) in [5, 5.41) is 0. The van der Waals surface area contributed by atoms with Gasteiger partial charge in [0.25, 0.3) is 9.05 Å². The van der Waals surface area contributed by atoms with Gasteiger partial charge in [0.1, 0.15) is 10.6 Å². The fourth-order valence-corrected chi connectivity index (χ4v) is 2.09. The van der Waals surface area contributed by atoms with Crippen LogP contribution in [-0.4, -0.2) is 15.0 Å². The standard InChI is InChI=1S/C8H7ClF2O3S/c1-5-3-2-4-6(15(9,12)13)7(5)14-8(10)11/h2-4,8H,1H3. The highest BCUT2D eigenvalue weighted by Gasteiger charge is 2.20. The summed E-state index contributed by atoms with van der Waals surface area (Å²) in [6, 6.07) is 3.94. The van der Waals surface area contributed by atoms with Crippen LogP contribution in [0.4, 0.5) is 8.78 Å². The lowest BCUT2D eigenvalue weighted by Gasteiger charge is -2.10. The van der Waals surface area contributed by atoms with Crippen molar-refractivity contribution < 1.29 is 21.9 Å².